The van der Waals surface area contributed by atoms with Gasteiger partial charge in [0.2, 0.25) is 0 Å². The minimum absolute atomic E-state index is 0.231. The van der Waals surface area contributed by atoms with Gasteiger partial charge in [-0.3, -0.25) is 0 Å². The van der Waals surface area contributed by atoms with E-state index in [1.165, 1.54) is 0 Å². The third-order valence-electron chi connectivity index (χ3n) is 5.44. The zero-order valence-electron chi connectivity index (χ0n) is 16.8. The molecule has 0 amide bonds. The van der Waals surface area contributed by atoms with E-state index in [-0.39, 0.29) is 6.04 Å². The Morgan fingerprint density at radius 1 is 1.10 bits per heavy atom. The van der Waals surface area contributed by atoms with Crippen molar-refractivity contribution in [2.45, 2.75) is 6.04 Å². The molecule has 1 aliphatic rings. The maximum absolute atomic E-state index is 5.89. The number of nitrogens with two attached hydrogens (primary N) is 1. The van der Waals surface area contributed by atoms with E-state index < -0.39 is 0 Å². The van der Waals surface area contributed by atoms with Crippen molar-refractivity contribution in [2.75, 3.05) is 23.3 Å². The lowest BCUT2D eigenvalue weighted by atomic mass is 10.1. The smallest absolute Gasteiger partial charge is 0.130 e. The average Bonchev–Trinajstić information content (AvgIpc) is 3.17. The van der Waals surface area contributed by atoms with Crippen molar-refractivity contribution in [3.05, 3.63) is 73.5 Å². The molecule has 7 heteroatoms. The Bertz CT molecular complexity index is 1240. The molecule has 0 radical (unpaired) electrons. The Morgan fingerprint density at radius 2 is 1.97 bits per heavy atom. The molecule has 7 nitrogen and oxygen atoms in total. The first-order valence-corrected chi connectivity index (χ1v) is 9.86. The van der Waals surface area contributed by atoms with Gasteiger partial charge in [0.05, 0.1) is 18.2 Å². The molecule has 0 spiro atoms. The van der Waals surface area contributed by atoms with Crippen LogP contribution in [0.5, 0.6) is 0 Å². The van der Waals surface area contributed by atoms with Gasteiger partial charge in [-0.05, 0) is 29.7 Å². The van der Waals surface area contributed by atoms with E-state index in [1.54, 1.807) is 12.5 Å². The van der Waals surface area contributed by atoms with Crippen molar-refractivity contribution in [1.82, 2.24) is 19.5 Å². The lowest BCUT2D eigenvalue weighted by Crippen LogP contribution is -2.56. The monoisotopic (exact) mass is 397 g/mol. The molecule has 1 saturated heterocycles. The van der Waals surface area contributed by atoms with Gasteiger partial charge in [0.1, 0.15) is 11.6 Å². The Morgan fingerprint density at radius 3 is 2.73 bits per heavy atom. The van der Waals surface area contributed by atoms with Gasteiger partial charge in [0.25, 0.3) is 0 Å². The number of rotatable bonds is 5. The maximum Gasteiger partial charge on any atom is 0.130 e. The molecule has 5 rings (SSSR count). The second-order valence-corrected chi connectivity index (χ2v) is 7.69. The highest BCUT2D eigenvalue weighted by atomic mass is 15.3. The van der Waals surface area contributed by atoms with Gasteiger partial charge in [0, 0.05) is 60.8 Å². The number of benzene rings is 1. The van der Waals surface area contributed by atoms with E-state index in [9.17, 15) is 0 Å². The van der Waals surface area contributed by atoms with E-state index in [4.69, 9.17) is 5.73 Å². The number of aromatic nitrogens is 4. The van der Waals surface area contributed by atoms with Crippen LogP contribution in [0.2, 0.25) is 0 Å². The van der Waals surface area contributed by atoms with Crippen molar-refractivity contribution in [3.63, 3.8) is 0 Å². The van der Waals surface area contributed by atoms with Crippen LogP contribution >= 0.6 is 0 Å². The van der Waals surface area contributed by atoms with E-state index in [1.807, 2.05) is 42.2 Å². The van der Waals surface area contributed by atoms with Crippen LogP contribution in [0.3, 0.4) is 0 Å². The van der Waals surface area contributed by atoms with Gasteiger partial charge in [-0.15, -0.1) is 0 Å². The first-order valence-electron chi connectivity index (χ1n) is 9.86. The lowest BCUT2D eigenvalue weighted by molar-refractivity contribution is 0.514. The molecule has 4 aromatic rings. The summed E-state index contributed by atoms with van der Waals surface area (Å²) in [5, 5.41) is 5.51. The van der Waals surface area contributed by atoms with Crippen molar-refractivity contribution in [1.29, 1.82) is 0 Å². The van der Waals surface area contributed by atoms with Crippen LogP contribution in [-0.4, -0.2) is 38.7 Å². The zero-order valence-corrected chi connectivity index (χ0v) is 16.8. The summed E-state index contributed by atoms with van der Waals surface area (Å²) < 4.78 is 2.01. The number of hydrogen-bond acceptors (Lipinski definition) is 6. The molecule has 150 valence electrons. The van der Waals surface area contributed by atoms with Crippen LogP contribution in [0.1, 0.15) is 5.56 Å². The third-order valence-corrected chi connectivity index (χ3v) is 5.44. The number of imidazole rings is 1. The van der Waals surface area contributed by atoms with Crippen LogP contribution in [0.4, 0.5) is 11.6 Å². The maximum atomic E-state index is 5.89. The minimum Gasteiger partial charge on any atom is -0.353 e. The molecule has 0 bridgehead atoms. The highest BCUT2D eigenvalue weighted by Crippen LogP contribution is 2.27. The molecule has 0 unspecified atom stereocenters. The molecule has 0 saturated carbocycles. The van der Waals surface area contributed by atoms with Crippen molar-refractivity contribution < 1.29 is 0 Å². The SMILES string of the molecule is C=C(Nc1cc2cc(-c3cncn3C)ccc2cn1)c1ccnc(N2CC(N)C2)c1. The molecule has 0 aliphatic carbocycles. The Kier molecular flexibility index (Phi) is 4.44. The highest BCUT2D eigenvalue weighted by molar-refractivity contribution is 5.89. The minimum atomic E-state index is 0.231. The van der Waals surface area contributed by atoms with E-state index >= 15 is 0 Å². The number of fused-ring (bicyclic) bond motifs is 1. The number of anilines is 2. The molecular weight excluding hydrogens is 374 g/mol. The van der Waals surface area contributed by atoms with E-state index in [0.717, 1.165) is 58.0 Å². The first kappa shape index (κ1) is 18.3. The normalized spacial score (nSPS) is 14.0. The molecule has 1 aliphatic heterocycles. The molecular formula is C23H23N7. The topological polar surface area (TPSA) is 84.9 Å². The predicted molar refractivity (Wildman–Crippen MR) is 121 cm³/mol. The Balaban J connectivity index is 1.39. The Labute approximate surface area is 174 Å². The Hall–Kier alpha value is -3.71. The van der Waals surface area contributed by atoms with E-state index in [0.29, 0.717) is 0 Å². The fourth-order valence-electron chi connectivity index (χ4n) is 3.71. The van der Waals surface area contributed by atoms with Crippen molar-refractivity contribution >= 4 is 28.1 Å². The lowest BCUT2D eigenvalue weighted by Gasteiger charge is -2.37. The van der Waals surface area contributed by atoms with Gasteiger partial charge in [-0.2, -0.15) is 0 Å². The fourth-order valence-corrected chi connectivity index (χ4v) is 3.71. The molecule has 30 heavy (non-hydrogen) atoms. The summed E-state index contributed by atoms with van der Waals surface area (Å²) in [5.41, 5.74) is 9.83. The molecule has 3 N–H and O–H groups in total. The number of aryl methyl sites for hydroxylation is 1. The number of nitrogens with one attached hydrogen (secondary N) is 1. The zero-order chi connectivity index (χ0) is 20.7. The summed E-state index contributed by atoms with van der Waals surface area (Å²) in [6.07, 6.45) is 7.35. The summed E-state index contributed by atoms with van der Waals surface area (Å²) >= 11 is 0. The summed E-state index contributed by atoms with van der Waals surface area (Å²) in [5.74, 6) is 1.67. The van der Waals surface area contributed by atoms with Gasteiger partial charge < -0.3 is 20.5 Å². The van der Waals surface area contributed by atoms with Crippen LogP contribution in [0, 0.1) is 0 Å². The molecule has 3 aromatic heterocycles. The summed E-state index contributed by atoms with van der Waals surface area (Å²) in [6, 6.07) is 12.6. The van der Waals surface area contributed by atoms with Gasteiger partial charge in [-0.25, -0.2) is 15.0 Å². The number of nitrogens with zero attached hydrogens (tertiary/aromatic N) is 5. The summed E-state index contributed by atoms with van der Waals surface area (Å²) in [6.45, 7) is 5.87. The fraction of sp³-hybridized carbons (Fsp3) is 0.174. The number of pyridine rings is 2. The van der Waals surface area contributed by atoms with Gasteiger partial charge in [-0.1, -0.05) is 18.7 Å². The second kappa shape index (κ2) is 7.27. The molecule has 1 aromatic carbocycles. The number of hydrogen-bond donors (Lipinski definition) is 2. The molecule has 1 fully saturated rings. The molecule has 0 atom stereocenters. The van der Waals surface area contributed by atoms with Gasteiger partial charge >= 0.3 is 0 Å². The second-order valence-electron chi connectivity index (χ2n) is 7.69. The predicted octanol–water partition coefficient (Wildman–Crippen LogP) is 3.26. The van der Waals surface area contributed by atoms with Crippen LogP contribution in [0.15, 0.2) is 67.9 Å². The van der Waals surface area contributed by atoms with Gasteiger partial charge in [0.15, 0.2) is 0 Å². The average molecular weight is 397 g/mol. The van der Waals surface area contributed by atoms with E-state index in [2.05, 4.69) is 49.9 Å². The largest absolute Gasteiger partial charge is 0.353 e. The third kappa shape index (κ3) is 3.40. The highest BCUT2D eigenvalue weighted by Gasteiger charge is 2.24. The standard InChI is InChI=1S/C23H23N7/c1-15(16-5-6-26-23(9-16)30-12-20(24)13-30)28-22-8-19-7-17(3-4-18(19)10-27-22)21-11-25-14-29(21)2/h3-11,14,20H,1,12-13,24H2,2H3,(H,27,28). The summed E-state index contributed by atoms with van der Waals surface area (Å²) in [7, 11) is 1.99. The summed E-state index contributed by atoms with van der Waals surface area (Å²) in [4.78, 5) is 15.4. The van der Waals surface area contributed by atoms with Crippen LogP contribution in [-0.2, 0) is 7.05 Å². The van der Waals surface area contributed by atoms with Crippen LogP contribution < -0.4 is 16.0 Å². The van der Waals surface area contributed by atoms with Crippen LogP contribution in [0.25, 0.3) is 27.7 Å². The van der Waals surface area contributed by atoms with Crippen molar-refractivity contribution in [2.24, 2.45) is 12.8 Å². The molecule has 4 heterocycles. The quantitative estimate of drug-likeness (QED) is 0.538. The van der Waals surface area contributed by atoms with Crippen molar-refractivity contribution in [3.8, 4) is 11.3 Å². The first-order chi connectivity index (χ1) is 14.6.